The molecule has 0 saturated heterocycles. The monoisotopic (exact) mass is 487 g/mol. The lowest BCUT2D eigenvalue weighted by atomic mass is 10.2. The molecule has 1 aliphatic heterocycles. The molecule has 3 aromatic rings. The van der Waals surface area contributed by atoms with Gasteiger partial charge in [-0.2, -0.15) is 0 Å². The lowest BCUT2D eigenvalue weighted by Crippen LogP contribution is -2.38. The quantitative estimate of drug-likeness (QED) is 0.381. The van der Waals surface area contributed by atoms with Crippen LogP contribution in [0.15, 0.2) is 54.7 Å². The van der Waals surface area contributed by atoms with Crippen LogP contribution in [0.4, 0.5) is 0 Å². The first-order valence-corrected chi connectivity index (χ1v) is 9.93. The van der Waals surface area contributed by atoms with E-state index < -0.39 is 0 Å². The summed E-state index contributed by atoms with van der Waals surface area (Å²) >= 11 is 8.22. The summed E-state index contributed by atoms with van der Waals surface area (Å²) in [6.07, 6.45) is 1.77. The predicted octanol–water partition coefficient (Wildman–Crippen LogP) is 4.20. The standard InChI is InChI=1S/C21H15ClIN3O/c22-17-5-1-3-15(11-17)7-8-19-13-24-20-14-25(9-10-26(19)20)21(27)16-4-2-6-18(23)12-16/h1-6,11-13H,9-10,14H2. The van der Waals surface area contributed by atoms with E-state index >= 15 is 0 Å². The van der Waals surface area contributed by atoms with E-state index in [2.05, 4.69) is 44.0 Å². The Morgan fingerprint density at radius 3 is 2.78 bits per heavy atom. The van der Waals surface area contributed by atoms with Crippen LogP contribution in [0.5, 0.6) is 0 Å². The van der Waals surface area contributed by atoms with E-state index in [9.17, 15) is 4.79 Å². The second-order valence-electron chi connectivity index (χ2n) is 6.21. The van der Waals surface area contributed by atoms with Crippen molar-refractivity contribution in [3.05, 3.63) is 86.0 Å². The molecular weight excluding hydrogens is 473 g/mol. The molecule has 0 N–H and O–H groups in total. The van der Waals surface area contributed by atoms with Crippen molar-refractivity contribution in [1.82, 2.24) is 14.5 Å². The number of carbonyl (C=O) groups is 1. The van der Waals surface area contributed by atoms with Gasteiger partial charge < -0.3 is 9.47 Å². The molecule has 2 aromatic carbocycles. The molecule has 4 nitrogen and oxygen atoms in total. The van der Waals surface area contributed by atoms with Crippen LogP contribution in [0.2, 0.25) is 5.02 Å². The topological polar surface area (TPSA) is 38.1 Å². The first kappa shape index (κ1) is 18.1. The van der Waals surface area contributed by atoms with Crippen LogP contribution in [-0.4, -0.2) is 26.9 Å². The van der Waals surface area contributed by atoms with E-state index in [0.29, 0.717) is 30.2 Å². The van der Waals surface area contributed by atoms with E-state index in [-0.39, 0.29) is 5.91 Å². The van der Waals surface area contributed by atoms with E-state index in [1.165, 1.54) is 0 Å². The van der Waals surface area contributed by atoms with Crippen LogP contribution in [0.3, 0.4) is 0 Å². The van der Waals surface area contributed by atoms with Crippen molar-refractivity contribution < 1.29 is 4.79 Å². The Hall–Kier alpha value is -2.30. The SMILES string of the molecule is O=C(c1cccc(I)c1)N1CCn2c(C#Cc3cccc(Cl)c3)cnc2C1. The van der Waals surface area contributed by atoms with Crippen LogP contribution in [-0.2, 0) is 13.1 Å². The van der Waals surface area contributed by atoms with Gasteiger partial charge in [0.05, 0.1) is 12.7 Å². The normalized spacial score (nSPS) is 12.9. The molecule has 0 atom stereocenters. The zero-order valence-corrected chi connectivity index (χ0v) is 17.2. The number of carbonyl (C=O) groups excluding carboxylic acids is 1. The van der Waals surface area contributed by atoms with Gasteiger partial charge in [-0.15, -0.1) is 0 Å². The van der Waals surface area contributed by atoms with Crippen LogP contribution in [0.25, 0.3) is 0 Å². The van der Waals surface area contributed by atoms with E-state index in [1.807, 2.05) is 53.4 Å². The molecule has 4 rings (SSSR count). The van der Waals surface area contributed by atoms with Gasteiger partial charge in [-0.1, -0.05) is 29.7 Å². The predicted molar refractivity (Wildman–Crippen MR) is 114 cm³/mol. The number of benzene rings is 2. The Morgan fingerprint density at radius 2 is 1.96 bits per heavy atom. The van der Waals surface area contributed by atoms with Crippen molar-refractivity contribution in [1.29, 1.82) is 0 Å². The largest absolute Gasteiger partial charge is 0.329 e. The summed E-state index contributed by atoms with van der Waals surface area (Å²) < 4.78 is 3.13. The Morgan fingerprint density at radius 1 is 1.11 bits per heavy atom. The molecule has 27 heavy (non-hydrogen) atoms. The fourth-order valence-corrected chi connectivity index (χ4v) is 3.77. The maximum atomic E-state index is 12.8. The van der Waals surface area contributed by atoms with Crippen molar-refractivity contribution in [2.75, 3.05) is 6.54 Å². The minimum atomic E-state index is 0.0364. The lowest BCUT2D eigenvalue weighted by Gasteiger charge is -2.28. The maximum Gasteiger partial charge on any atom is 0.254 e. The third-order valence-corrected chi connectivity index (χ3v) is 5.29. The number of rotatable bonds is 1. The van der Waals surface area contributed by atoms with E-state index in [0.717, 1.165) is 20.7 Å². The van der Waals surface area contributed by atoms with Crippen molar-refractivity contribution >= 4 is 40.1 Å². The lowest BCUT2D eigenvalue weighted by molar-refractivity contribution is 0.0707. The summed E-state index contributed by atoms with van der Waals surface area (Å²) in [6.45, 7) is 1.81. The van der Waals surface area contributed by atoms with Gasteiger partial charge in [0.25, 0.3) is 5.91 Å². The Bertz CT molecular complexity index is 1080. The highest BCUT2D eigenvalue weighted by Crippen LogP contribution is 2.18. The smallest absolute Gasteiger partial charge is 0.254 e. The molecule has 0 spiro atoms. The van der Waals surface area contributed by atoms with Crippen LogP contribution in [0.1, 0.15) is 27.4 Å². The van der Waals surface area contributed by atoms with Gasteiger partial charge in [-0.3, -0.25) is 4.79 Å². The molecule has 0 fully saturated rings. The van der Waals surface area contributed by atoms with Crippen LogP contribution >= 0.6 is 34.2 Å². The molecule has 134 valence electrons. The number of halogens is 2. The molecule has 2 heterocycles. The van der Waals surface area contributed by atoms with Gasteiger partial charge in [0.2, 0.25) is 0 Å². The summed E-state index contributed by atoms with van der Waals surface area (Å²) in [7, 11) is 0. The van der Waals surface area contributed by atoms with E-state index in [4.69, 9.17) is 11.6 Å². The minimum absolute atomic E-state index is 0.0364. The fraction of sp³-hybridized carbons (Fsp3) is 0.143. The number of hydrogen-bond acceptors (Lipinski definition) is 2. The van der Waals surface area contributed by atoms with Crippen molar-refractivity contribution in [3.8, 4) is 11.8 Å². The second kappa shape index (κ2) is 7.75. The molecule has 0 aliphatic carbocycles. The number of aromatic nitrogens is 2. The highest BCUT2D eigenvalue weighted by molar-refractivity contribution is 14.1. The van der Waals surface area contributed by atoms with Gasteiger partial charge in [0, 0.05) is 32.8 Å². The summed E-state index contributed by atoms with van der Waals surface area (Å²) in [5.41, 5.74) is 2.43. The zero-order chi connectivity index (χ0) is 18.8. The number of imidazole rings is 1. The van der Waals surface area contributed by atoms with Gasteiger partial charge in [-0.25, -0.2) is 4.98 Å². The van der Waals surface area contributed by atoms with Gasteiger partial charge in [-0.05, 0) is 64.9 Å². The highest BCUT2D eigenvalue weighted by Gasteiger charge is 2.24. The van der Waals surface area contributed by atoms with E-state index in [1.54, 1.807) is 6.20 Å². The molecule has 1 aliphatic rings. The first-order chi connectivity index (χ1) is 13.1. The number of nitrogens with zero attached hydrogens (tertiary/aromatic N) is 3. The van der Waals surface area contributed by atoms with Gasteiger partial charge in [0.1, 0.15) is 11.5 Å². The maximum absolute atomic E-state index is 12.8. The molecule has 1 amide bonds. The average Bonchev–Trinajstić information content (AvgIpc) is 3.08. The van der Waals surface area contributed by atoms with Crippen molar-refractivity contribution in [2.45, 2.75) is 13.1 Å². The Balaban J connectivity index is 1.53. The third kappa shape index (κ3) is 4.02. The van der Waals surface area contributed by atoms with Crippen molar-refractivity contribution in [2.24, 2.45) is 0 Å². The summed E-state index contributed by atoms with van der Waals surface area (Å²) in [5, 5.41) is 0.668. The number of hydrogen-bond donors (Lipinski definition) is 0. The minimum Gasteiger partial charge on any atom is -0.329 e. The third-order valence-electron chi connectivity index (χ3n) is 4.38. The number of amides is 1. The summed E-state index contributed by atoms with van der Waals surface area (Å²) in [5.74, 6) is 7.19. The number of fused-ring (bicyclic) bond motifs is 1. The van der Waals surface area contributed by atoms with Gasteiger partial charge >= 0.3 is 0 Å². The molecular formula is C21H15ClIN3O. The Kier molecular flexibility index (Phi) is 5.19. The molecule has 0 saturated carbocycles. The second-order valence-corrected chi connectivity index (χ2v) is 7.89. The summed E-state index contributed by atoms with van der Waals surface area (Å²) in [6, 6.07) is 15.1. The fourth-order valence-electron chi connectivity index (χ4n) is 3.04. The summed E-state index contributed by atoms with van der Waals surface area (Å²) in [4.78, 5) is 19.1. The van der Waals surface area contributed by atoms with Crippen LogP contribution in [0, 0.1) is 15.4 Å². The average molecular weight is 488 g/mol. The van der Waals surface area contributed by atoms with Crippen LogP contribution < -0.4 is 0 Å². The van der Waals surface area contributed by atoms with Crippen molar-refractivity contribution in [3.63, 3.8) is 0 Å². The highest BCUT2D eigenvalue weighted by atomic mass is 127. The zero-order valence-electron chi connectivity index (χ0n) is 14.3. The molecule has 0 bridgehead atoms. The molecule has 0 unspecified atom stereocenters. The Labute approximate surface area is 176 Å². The first-order valence-electron chi connectivity index (χ1n) is 8.47. The molecule has 1 aromatic heterocycles. The van der Waals surface area contributed by atoms with Gasteiger partial charge in [0.15, 0.2) is 0 Å². The molecule has 0 radical (unpaired) electrons. The molecule has 6 heteroatoms.